The number of benzene rings is 3. The lowest BCUT2D eigenvalue weighted by molar-refractivity contribution is -0.135. The lowest BCUT2D eigenvalue weighted by atomic mass is 9.81. The first-order chi connectivity index (χ1) is 22.8. The third-order valence-electron chi connectivity index (χ3n) is 9.70. The smallest absolute Gasteiger partial charge is 0.252 e. The Morgan fingerprint density at radius 1 is 0.915 bits per heavy atom. The van der Waals surface area contributed by atoms with Crippen LogP contribution in [0.15, 0.2) is 66.7 Å². The third-order valence-corrected chi connectivity index (χ3v) is 9.70. The Morgan fingerprint density at radius 3 is 2.43 bits per heavy atom. The van der Waals surface area contributed by atoms with E-state index in [1.807, 2.05) is 35.2 Å². The van der Waals surface area contributed by atoms with Gasteiger partial charge in [0.1, 0.15) is 12.3 Å². The van der Waals surface area contributed by atoms with Gasteiger partial charge in [-0.2, -0.15) is 0 Å². The average Bonchev–Trinajstić information content (AvgIpc) is 3.41. The number of Topliss-reactive ketones (excluding diaryl/α,β-unsaturated/α-hetero) is 1. The first-order valence-electron chi connectivity index (χ1n) is 16.4. The predicted octanol–water partition coefficient (Wildman–Crippen LogP) is 6.44. The maximum atomic E-state index is 13.8. The molecule has 0 atom stereocenters. The van der Waals surface area contributed by atoms with Crippen molar-refractivity contribution in [3.05, 3.63) is 83.4 Å². The van der Waals surface area contributed by atoms with Gasteiger partial charge in [0.15, 0.2) is 5.78 Å². The largest absolute Gasteiger partial charge is 0.507 e. The first-order valence-corrected chi connectivity index (χ1v) is 16.4. The number of rotatable bonds is 7. The van der Waals surface area contributed by atoms with Crippen molar-refractivity contribution in [3.8, 4) is 28.3 Å². The van der Waals surface area contributed by atoms with Crippen LogP contribution in [0.4, 0.5) is 0 Å². The molecule has 2 fully saturated rings. The van der Waals surface area contributed by atoms with Gasteiger partial charge in [-0.15, -0.1) is 0 Å². The molecule has 0 unspecified atom stereocenters. The molecule has 2 aromatic heterocycles. The Kier molecular flexibility index (Phi) is 8.24. The van der Waals surface area contributed by atoms with Gasteiger partial charge in [-0.3, -0.25) is 14.4 Å². The van der Waals surface area contributed by atoms with Crippen molar-refractivity contribution in [1.29, 1.82) is 0 Å². The summed E-state index contributed by atoms with van der Waals surface area (Å²) >= 11 is 0. The number of carbonyl (C=O) groups is 3. The molecule has 240 valence electrons. The van der Waals surface area contributed by atoms with Gasteiger partial charge in [-0.25, -0.2) is 4.98 Å². The Hall–Kier alpha value is -5.02. The second-order valence-corrected chi connectivity index (χ2v) is 12.7. The number of ether oxygens (including phenoxy) is 1. The van der Waals surface area contributed by atoms with Gasteiger partial charge < -0.3 is 25.0 Å². The zero-order chi connectivity index (χ0) is 32.7. The van der Waals surface area contributed by atoms with Gasteiger partial charge in [0.25, 0.3) is 5.91 Å². The van der Waals surface area contributed by atoms with Crippen LogP contribution in [-0.4, -0.2) is 63.5 Å². The molecule has 1 saturated carbocycles. The highest BCUT2D eigenvalue weighted by Crippen LogP contribution is 2.45. The highest BCUT2D eigenvalue weighted by Gasteiger charge is 2.29. The number of nitrogens with two attached hydrogens (primary N) is 1. The summed E-state index contributed by atoms with van der Waals surface area (Å²) in [5.41, 5.74) is 12.4. The van der Waals surface area contributed by atoms with E-state index in [9.17, 15) is 19.5 Å². The summed E-state index contributed by atoms with van der Waals surface area (Å²) in [5.74, 6) is -0.510. The monoisotopic (exact) mass is 630 g/mol. The first kappa shape index (κ1) is 30.6. The molecule has 5 aromatic rings. The van der Waals surface area contributed by atoms with Gasteiger partial charge in [0.2, 0.25) is 5.91 Å². The standard InChI is InChI=1S/C38H38N4O5/c1-23(43)25-7-11-29-33(21-25)42(22-35(45)41-15-17-47-18-16-41)37(36(29)24-5-3-2-4-6-24)28-9-13-31-26(19-28)8-12-32(40-31)27-10-14-34(44)30(20-27)38(39)46/h7-14,19-21,24,44H,2-6,15-18,22H2,1H3,(H2,39,46). The number of carbonyl (C=O) groups excluding carboxylic acids is 3. The van der Waals surface area contributed by atoms with E-state index >= 15 is 0 Å². The molecule has 2 amide bonds. The number of aromatic nitrogens is 2. The Labute approximate surface area is 273 Å². The minimum atomic E-state index is -0.707. The summed E-state index contributed by atoms with van der Waals surface area (Å²) < 4.78 is 7.65. The van der Waals surface area contributed by atoms with Crippen LogP contribution in [0, 0.1) is 0 Å². The van der Waals surface area contributed by atoms with Crippen molar-refractivity contribution in [2.45, 2.75) is 51.5 Å². The fourth-order valence-electron chi connectivity index (χ4n) is 7.25. The summed E-state index contributed by atoms with van der Waals surface area (Å²) in [4.78, 5) is 44.9. The van der Waals surface area contributed by atoms with Crippen molar-refractivity contribution in [2.75, 3.05) is 26.3 Å². The Morgan fingerprint density at radius 2 is 1.68 bits per heavy atom. The van der Waals surface area contributed by atoms with E-state index < -0.39 is 5.91 Å². The van der Waals surface area contributed by atoms with Crippen molar-refractivity contribution < 1.29 is 24.2 Å². The van der Waals surface area contributed by atoms with Crippen molar-refractivity contribution in [1.82, 2.24) is 14.5 Å². The Bertz CT molecular complexity index is 2040. The van der Waals surface area contributed by atoms with Crippen molar-refractivity contribution in [2.24, 2.45) is 5.73 Å². The lowest BCUT2D eigenvalue weighted by Crippen LogP contribution is -2.42. The minimum Gasteiger partial charge on any atom is -0.507 e. The zero-order valence-corrected chi connectivity index (χ0v) is 26.5. The Balaban J connectivity index is 1.39. The number of hydrogen-bond acceptors (Lipinski definition) is 6. The number of pyridine rings is 1. The molecule has 3 N–H and O–H groups in total. The van der Waals surface area contributed by atoms with E-state index in [1.165, 1.54) is 18.1 Å². The van der Waals surface area contributed by atoms with Gasteiger partial charge >= 0.3 is 0 Å². The number of morpholine rings is 1. The van der Waals surface area contributed by atoms with Crippen LogP contribution in [-0.2, 0) is 16.1 Å². The van der Waals surface area contributed by atoms with Crippen LogP contribution in [0.1, 0.15) is 71.2 Å². The van der Waals surface area contributed by atoms with Crippen molar-refractivity contribution in [3.63, 3.8) is 0 Å². The topological polar surface area (TPSA) is 128 Å². The molecular formula is C38H38N4O5. The molecule has 0 bridgehead atoms. The highest BCUT2D eigenvalue weighted by molar-refractivity contribution is 6.02. The number of aromatic hydroxyl groups is 1. The fraction of sp³-hybridized carbons (Fsp3) is 0.316. The van der Waals surface area contributed by atoms with Gasteiger partial charge in [0, 0.05) is 40.5 Å². The summed E-state index contributed by atoms with van der Waals surface area (Å²) in [6.45, 7) is 3.92. The van der Waals surface area contributed by atoms with E-state index in [0.29, 0.717) is 49.0 Å². The lowest BCUT2D eigenvalue weighted by Gasteiger charge is -2.28. The number of phenols is 1. The van der Waals surface area contributed by atoms with E-state index in [1.54, 1.807) is 19.1 Å². The number of primary amides is 1. The molecule has 9 nitrogen and oxygen atoms in total. The van der Waals surface area contributed by atoms with Crippen LogP contribution >= 0.6 is 0 Å². The molecule has 2 aliphatic rings. The summed E-state index contributed by atoms with van der Waals surface area (Å²) in [7, 11) is 0. The summed E-state index contributed by atoms with van der Waals surface area (Å²) in [6.07, 6.45) is 5.70. The quantitative estimate of drug-likeness (QED) is 0.199. The number of nitrogens with zero attached hydrogens (tertiary/aromatic N) is 3. The number of hydrogen-bond donors (Lipinski definition) is 2. The fourth-order valence-corrected chi connectivity index (χ4v) is 7.25. The van der Waals surface area contributed by atoms with E-state index in [4.69, 9.17) is 15.5 Å². The number of amides is 2. The summed E-state index contributed by atoms with van der Waals surface area (Å²) in [6, 6.07) is 20.7. The second-order valence-electron chi connectivity index (χ2n) is 12.7. The molecular weight excluding hydrogens is 592 g/mol. The molecule has 3 heterocycles. The average molecular weight is 631 g/mol. The molecule has 7 rings (SSSR count). The highest BCUT2D eigenvalue weighted by atomic mass is 16.5. The van der Waals surface area contributed by atoms with Gasteiger partial charge in [-0.1, -0.05) is 43.5 Å². The predicted molar refractivity (Wildman–Crippen MR) is 182 cm³/mol. The van der Waals surface area contributed by atoms with Crippen LogP contribution < -0.4 is 5.73 Å². The zero-order valence-electron chi connectivity index (χ0n) is 26.5. The van der Waals surface area contributed by atoms with E-state index in [0.717, 1.165) is 58.7 Å². The van der Waals surface area contributed by atoms with E-state index in [2.05, 4.69) is 22.8 Å². The third kappa shape index (κ3) is 5.87. The molecule has 0 spiro atoms. The molecule has 1 aliphatic carbocycles. The van der Waals surface area contributed by atoms with Crippen molar-refractivity contribution >= 4 is 39.4 Å². The van der Waals surface area contributed by atoms with Crippen LogP contribution in [0.25, 0.3) is 44.3 Å². The molecule has 47 heavy (non-hydrogen) atoms. The molecule has 0 radical (unpaired) electrons. The SMILES string of the molecule is CC(=O)c1ccc2c(C3CCCCC3)c(-c3ccc4nc(-c5ccc(O)c(C(N)=O)c5)ccc4c3)n(CC(=O)N3CCOCC3)c2c1. The molecule has 3 aromatic carbocycles. The maximum absolute atomic E-state index is 13.8. The normalized spacial score (nSPS) is 15.7. The van der Waals surface area contributed by atoms with Crippen LogP contribution in [0.5, 0.6) is 5.75 Å². The minimum absolute atomic E-state index is 0.0101. The number of ketones is 1. The maximum Gasteiger partial charge on any atom is 0.252 e. The molecule has 9 heteroatoms. The molecule has 1 aliphatic heterocycles. The van der Waals surface area contributed by atoms with E-state index in [-0.39, 0.29) is 29.5 Å². The molecule has 1 saturated heterocycles. The van der Waals surface area contributed by atoms with Gasteiger partial charge in [0.05, 0.1) is 35.7 Å². The number of fused-ring (bicyclic) bond motifs is 2. The summed E-state index contributed by atoms with van der Waals surface area (Å²) in [5, 5.41) is 12.1. The van der Waals surface area contributed by atoms with Crippen LogP contribution in [0.3, 0.4) is 0 Å². The second kappa shape index (κ2) is 12.6. The van der Waals surface area contributed by atoms with Crippen LogP contribution in [0.2, 0.25) is 0 Å². The van der Waals surface area contributed by atoms with Gasteiger partial charge in [-0.05, 0) is 79.3 Å².